The molecule has 1 aliphatic carbocycles. The summed E-state index contributed by atoms with van der Waals surface area (Å²) in [4.78, 5) is 13.8. The Morgan fingerprint density at radius 2 is 2.18 bits per heavy atom. The fourth-order valence-corrected chi connectivity index (χ4v) is 3.18. The number of amides is 1. The van der Waals surface area contributed by atoms with Crippen molar-refractivity contribution in [1.29, 1.82) is 5.26 Å². The van der Waals surface area contributed by atoms with Crippen molar-refractivity contribution in [2.24, 2.45) is 17.1 Å². The molecule has 2 fully saturated rings. The molecule has 0 aromatic rings. The van der Waals surface area contributed by atoms with Crippen LogP contribution in [0.2, 0.25) is 0 Å². The van der Waals surface area contributed by atoms with Crippen LogP contribution in [0.3, 0.4) is 0 Å². The van der Waals surface area contributed by atoms with Gasteiger partial charge in [-0.15, -0.1) is 0 Å². The van der Waals surface area contributed by atoms with E-state index in [0.717, 1.165) is 38.8 Å². The third-order valence-corrected chi connectivity index (χ3v) is 4.46. The molecule has 94 valence electrons. The number of nitriles is 1. The Morgan fingerprint density at radius 1 is 1.47 bits per heavy atom. The Kier molecular flexibility index (Phi) is 3.39. The summed E-state index contributed by atoms with van der Waals surface area (Å²) in [6.07, 6.45) is 5.29. The first-order valence-corrected chi connectivity index (χ1v) is 6.50. The van der Waals surface area contributed by atoms with Gasteiger partial charge in [-0.3, -0.25) is 9.69 Å². The van der Waals surface area contributed by atoms with E-state index in [4.69, 9.17) is 5.73 Å². The lowest BCUT2D eigenvalue weighted by atomic mass is 9.84. The molecule has 4 nitrogen and oxygen atoms in total. The van der Waals surface area contributed by atoms with Crippen molar-refractivity contribution in [2.45, 2.75) is 45.1 Å². The second-order valence-corrected chi connectivity index (χ2v) is 5.73. The highest BCUT2D eigenvalue weighted by Crippen LogP contribution is 2.36. The molecule has 3 atom stereocenters. The van der Waals surface area contributed by atoms with Crippen LogP contribution in [0, 0.1) is 22.7 Å². The molecule has 0 aromatic carbocycles. The molecule has 0 aromatic heterocycles. The second kappa shape index (κ2) is 4.66. The summed E-state index contributed by atoms with van der Waals surface area (Å²) in [7, 11) is 0. The summed E-state index contributed by atoms with van der Waals surface area (Å²) in [5, 5.41) is 9.19. The zero-order valence-corrected chi connectivity index (χ0v) is 10.5. The first-order chi connectivity index (χ1) is 8.07. The molecule has 2 rings (SSSR count). The minimum absolute atomic E-state index is 0.138. The highest BCUT2D eigenvalue weighted by atomic mass is 16.1. The third-order valence-electron chi connectivity index (χ3n) is 4.46. The van der Waals surface area contributed by atoms with Crippen molar-refractivity contribution in [3.8, 4) is 6.07 Å². The van der Waals surface area contributed by atoms with Crippen molar-refractivity contribution in [3.05, 3.63) is 0 Å². The molecular weight excluding hydrogens is 214 g/mol. The highest BCUT2D eigenvalue weighted by Gasteiger charge is 2.43. The predicted octanol–water partition coefficient (Wildman–Crippen LogP) is 1.27. The number of carbonyl (C=O) groups excluding carboxylic acids is 1. The van der Waals surface area contributed by atoms with Gasteiger partial charge in [0.15, 0.2) is 0 Å². The lowest BCUT2D eigenvalue weighted by Gasteiger charge is -2.35. The van der Waals surface area contributed by atoms with E-state index >= 15 is 0 Å². The maximum absolute atomic E-state index is 11.4. The van der Waals surface area contributed by atoms with Crippen LogP contribution >= 0.6 is 0 Å². The van der Waals surface area contributed by atoms with E-state index in [1.165, 1.54) is 6.42 Å². The van der Waals surface area contributed by atoms with E-state index in [-0.39, 0.29) is 11.8 Å². The summed E-state index contributed by atoms with van der Waals surface area (Å²) in [5.74, 6) is -0.0664. The van der Waals surface area contributed by atoms with E-state index in [1.807, 2.05) is 6.92 Å². The van der Waals surface area contributed by atoms with Gasteiger partial charge in [-0.2, -0.15) is 5.26 Å². The van der Waals surface area contributed by atoms with Gasteiger partial charge in [0.25, 0.3) is 0 Å². The second-order valence-electron chi connectivity index (χ2n) is 5.73. The summed E-state index contributed by atoms with van der Waals surface area (Å²) in [5.41, 5.74) is 5.07. The van der Waals surface area contributed by atoms with E-state index < -0.39 is 5.41 Å². The van der Waals surface area contributed by atoms with Gasteiger partial charge in [0.2, 0.25) is 5.91 Å². The zero-order chi connectivity index (χ0) is 12.5. The maximum atomic E-state index is 11.4. The van der Waals surface area contributed by atoms with Crippen LogP contribution in [0.25, 0.3) is 0 Å². The molecule has 17 heavy (non-hydrogen) atoms. The first-order valence-electron chi connectivity index (χ1n) is 6.50. The summed E-state index contributed by atoms with van der Waals surface area (Å²) < 4.78 is 0. The SMILES string of the molecule is CC1(C(N)=O)CCN(C2CCCCC2C#N)C1. The normalized spacial score (nSPS) is 38.8. The van der Waals surface area contributed by atoms with Crippen LogP contribution in [-0.4, -0.2) is 29.9 Å². The molecule has 1 saturated carbocycles. The molecule has 3 unspecified atom stereocenters. The minimum Gasteiger partial charge on any atom is -0.369 e. The van der Waals surface area contributed by atoms with Crippen molar-refractivity contribution in [2.75, 3.05) is 13.1 Å². The predicted molar refractivity (Wildman–Crippen MR) is 64.9 cm³/mol. The number of hydrogen-bond donors (Lipinski definition) is 1. The standard InChI is InChI=1S/C13H21N3O/c1-13(12(15)17)6-7-16(9-13)11-5-3-2-4-10(11)8-14/h10-11H,2-7,9H2,1H3,(H2,15,17). The molecule has 1 saturated heterocycles. The van der Waals surface area contributed by atoms with Gasteiger partial charge in [-0.1, -0.05) is 12.8 Å². The minimum atomic E-state index is -0.391. The largest absolute Gasteiger partial charge is 0.369 e. The Labute approximate surface area is 103 Å². The smallest absolute Gasteiger partial charge is 0.224 e. The average molecular weight is 235 g/mol. The fraction of sp³-hybridized carbons (Fsp3) is 0.846. The van der Waals surface area contributed by atoms with Crippen molar-refractivity contribution >= 4 is 5.91 Å². The molecule has 1 aliphatic heterocycles. The summed E-state index contributed by atoms with van der Waals surface area (Å²) in [6, 6.07) is 2.77. The third kappa shape index (κ3) is 2.30. The van der Waals surface area contributed by atoms with Gasteiger partial charge in [-0.05, 0) is 32.7 Å². The van der Waals surface area contributed by atoms with Crippen molar-refractivity contribution < 1.29 is 4.79 Å². The summed E-state index contributed by atoms with van der Waals surface area (Å²) >= 11 is 0. The Bertz CT molecular complexity index is 349. The average Bonchev–Trinajstić information content (AvgIpc) is 2.73. The van der Waals surface area contributed by atoms with Crippen LogP contribution in [0.1, 0.15) is 39.0 Å². The number of hydrogen-bond acceptors (Lipinski definition) is 3. The van der Waals surface area contributed by atoms with E-state index in [0.29, 0.717) is 6.04 Å². The molecule has 1 heterocycles. The number of nitrogens with zero attached hydrogens (tertiary/aromatic N) is 2. The van der Waals surface area contributed by atoms with Crippen LogP contribution < -0.4 is 5.73 Å². The molecule has 2 N–H and O–H groups in total. The number of carbonyl (C=O) groups is 1. The van der Waals surface area contributed by atoms with Crippen LogP contribution in [0.15, 0.2) is 0 Å². The first kappa shape index (κ1) is 12.4. The molecule has 0 radical (unpaired) electrons. The van der Waals surface area contributed by atoms with Gasteiger partial charge >= 0.3 is 0 Å². The fourth-order valence-electron chi connectivity index (χ4n) is 3.18. The molecule has 0 spiro atoms. The van der Waals surface area contributed by atoms with Crippen molar-refractivity contribution in [1.82, 2.24) is 4.90 Å². The Hall–Kier alpha value is -1.08. The molecule has 2 aliphatic rings. The van der Waals surface area contributed by atoms with Crippen LogP contribution in [0.4, 0.5) is 0 Å². The van der Waals surface area contributed by atoms with Gasteiger partial charge in [0.1, 0.15) is 0 Å². The number of nitrogens with two attached hydrogens (primary N) is 1. The van der Waals surface area contributed by atoms with E-state index in [9.17, 15) is 10.1 Å². The molecule has 4 heteroatoms. The topological polar surface area (TPSA) is 70.1 Å². The number of primary amides is 1. The number of rotatable bonds is 2. The van der Waals surface area contributed by atoms with E-state index in [1.54, 1.807) is 0 Å². The van der Waals surface area contributed by atoms with Crippen molar-refractivity contribution in [3.63, 3.8) is 0 Å². The van der Waals surface area contributed by atoms with Gasteiger partial charge in [0, 0.05) is 12.6 Å². The van der Waals surface area contributed by atoms with Gasteiger partial charge in [0.05, 0.1) is 17.4 Å². The summed E-state index contributed by atoms with van der Waals surface area (Å²) in [6.45, 7) is 3.58. The van der Waals surface area contributed by atoms with Crippen LogP contribution in [-0.2, 0) is 4.79 Å². The Balaban J connectivity index is 2.05. The van der Waals surface area contributed by atoms with Crippen LogP contribution in [0.5, 0.6) is 0 Å². The molecule has 1 amide bonds. The Morgan fingerprint density at radius 3 is 2.76 bits per heavy atom. The lowest BCUT2D eigenvalue weighted by molar-refractivity contribution is -0.126. The van der Waals surface area contributed by atoms with Gasteiger partial charge in [-0.25, -0.2) is 0 Å². The van der Waals surface area contributed by atoms with Gasteiger partial charge < -0.3 is 5.73 Å². The monoisotopic (exact) mass is 235 g/mol. The molecular formula is C13H21N3O. The number of likely N-dealkylation sites (tertiary alicyclic amines) is 1. The highest BCUT2D eigenvalue weighted by molar-refractivity contribution is 5.81. The maximum Gasteiger partial charge on any atom is 0.224 e. The quantitative estimate of drug-likeness (QED) is 0.783. The zero-order valence-electron chi connectivity index (χ0n) is 10.5. The lowest BCUT2D eigenvalue weighted by Crippen LogP contribution is -2.44. The van der Waals surface area contributed by atoms with E-state index in [2.05, 4.69) is 11.0 Å². The molecule has 0 bridgehead atoms.